The molecule has 27 heavy (non-hydrogen) atoms. The van der Waals surface area contributed by atoms with Gasteiger partial charge in [-0.05, 0) is 18.9 Å². The van der Waals surface area contributed by atoms with E-state index in [1.54, 1.807) is 18.2 Å². The fourth-order valence-corrected chi connectivity index (χ4v) is 2.71. The van der Waals surface area contributed by atoms with Gasteiger partial charge in [-0.15, -0.1) is 10.2 Å². The van der Waals surface area contributed by atoms with Crippen LogP contribution in [0, 0.1) is 0 Å². The number of nitrogen functional groups attached to an aromatic ring is 1. The van der Waals surface area contributed by atoms with Gasteiger partial charge < -0.3 is 20.3 Å². The second kappa shape index (κ2) is 11.4. The van der Waals surface area contributed by atoms with Crippen LogP contribution in [0.25, 0.3) is 11.3 Å². The summed E-state index contributed by atoms with van der Waals surface area (Å²) in [6, 6.07) is 5.18. The fraction of sp³-hybridized carbons (Fsp3) is 0.500. The Bertz CT molecular complexity index is 734. The van der Waals surface area contributed by atoms with Crippen LogP contribution in [-0.2, 0) is 15.9 Å². The summed E-state index contributed by atoms with van der Waals surface area (Å²) in [7, 11) is 0. The number of ether oxygens (including phenoxy) is 2. The first kappa shape index (κ1) is 21.8. The number of halogens is 2. The standard InChI is InChI=1S/C18H24Cl2N4O3/c1-2-8-26-9-10-27-11-12(25)6-7-15-22-18(21)17(24-23-15)13-4-3-5-14(19)16(13)20/h3-5,12,25H,2,6-11H2,1H3,(H2,21,22,23). The van der Waals surface area contributed by atoms with Crippen LogP contribution < -0.4 is 5.73 Å². The maximum atomic E-state index is 9.98. The van der Waals surface area contributed by atoms with E-state index < -0.39 is 6.10 Å². The summed E-state index contributed by atoms with van der Waals surface area (Å²) < 4.78 is 10.7. The highest BCUT2D eigenvalue weighted by molar-refractivity contribution is 6.43. The zero-order valence-corrected chi connectivity index (χ0v) is 16.7. The molecule has 0 aliphatic carbocycles. The Morgan fingerprint density at radius 3 is 2.67 bits per heavy atom. The van der Waals surface area contributed by atoms with Gasteiger partial charge in [0.15, 0.2) is 11.6 Å². The number of aryl methyl sites for hydroxylation is 1. The Morgan fingerprint density at radius 1 is 1.15 bits per heavy atom. The molecule has 0 radical (unpaired) electrons. The Hall–Kier alpha value is -1.51. The highest BCUT2D eigenvalue weighted by Gasteiger charge is 2.14. The summed E-state index contributed by atoms with van der Waals surface area (Å²) in [4.78, 5) is 4.25. The van der Waals surface area contributed by atoms with Crippen molar-refractivity contribution in [3.05, 3.63) is 34.1 Å². The molecular weight excluding hydrogens is 391 g/mol. The summed E-state index contributed by atoms with van der Waals surface area (Å²) >= 11 is 12.2. The predicted octanol–water partition coefficient (Wildman–Crippen LogP) is 3.16. The molecule has 3 N–H and O–H groups in total. The van der Waals surface area contributed by atoms with Crippen molar-refractivity contribution in [3.8, 4) is 11.3 Å². The van der Waals surface area contributed by atoms with Crippen molar-refractivity contribution in [3.63, 3.8) is 0 Å². The second-order valence-electron chi connectivity index (χ2n) is 5.94. The summed E-state index contributed by atoms with van der Waals surface area (Å²) in [6.07, 6.45) is 1.22. The summed E-state index contributed by atoms with van der Waals surface area (Å²) in [6.45, 7) is 3.97. The number of anilines is 1. The Balaban J connectivity index is 1.84. The molecule has 1 unspecified atom stereocenters. The van der Waals surface area contributed by atoms with Gasteiger partial charge in [-0.1, -0.05) is 42.3 Å². The topological polar surface area (TPSA) is 103 Å². The summed E-state index contributed by atoms with van der Waals surface area (Å²) in [5, 5.41) is 18.9. The van der Waals surface area contributed by atoms with Crippen LogP contribution in [0.4, 0.5) is 5.82 Å². The van der Waals surface area contributed by atoms with Crippen LogP contribution in [0.5, 0.6) is 0 Å². The number of aliphatic hydroxyl groups excluding tert-OH is 1. The molecule has 2 aromatic rings. The Kier molecular flexibility index (Phi) is 9.17. The lowest BCUT2D eigenvalue weighted by atomic mass is 10.1. The van der Waals surface area contributed by atoms with Crippen LogP contribution in [0.1, 0.15) is 25.6 Å². The van der Waals surface area contributed by atoms with Gasteiger partial charge in [-0.25, -0.2) is 4.98 Å². The van der Waals surface area contributed by atoms with Crippen molar-refractivity contribution < 1.29 is 14.6 Å². The van der Waals surface area contributed by atoms with Gasteiger partial charge in [0, 0.05) is 18.6 Å². The molecule has 1 aromatic heterocycles. The second-order valence-corrected chi connectivity index (χ2v) is 6.73. The lowest BCUT2D eigenvalue weighted by Gasteiger charge is -2.11. The van der Waals surface area contributed by atoms with E-state index in [9.17, 15) is 5.11 Å². The molecule has 0 aliphatic rings. The molecule has 7 nitrogen and oxygen atoms in total. The third kappa shape index (κ3) is 6.86. The van der Waals surface area contributed by atoms with E-state index in [-0.39, 0.29) is 12.4 Å². The van der Waals surface area contributed by atoms with Crippen LogP contribution in [0.3, 0.4) is 0 Å². The average molecular weight is 415 g/mol. The number of benzene rings is 1. The van der Waals surface area contributed by atoms with Crippen molar-refractivity contribution in [2.45, 2.75) is 32.3 Å². The van der Waals surface area contributed by atoms with Gasteiger partial charge in [-0.3, -0.25) is 0 Å². The van der Waals surface area contributed by atoms with Crippen molar-refractivity contribution in [1.29, 1.82) is 0 Å². The van der Waals surface area contributed by atoms with Gasteiger partial charge in [-0.2, -0.15) is 0 Å². The smallest absolute Gasteiger partial charge is 0.154 e. The van der Waals surface area contributed by atoms with Crippen LogP contribution in [0.15, 0.2) is 18.2 Å². The minimum atomic E-state index is -0.622. The third-order valence-electron chi connectivity index (χ3n) is 3.70. The van der Waals surface area contributed by atoms with E-state index in [4.69, 9.17) is 38.4 Å². The maximum Gasteiger partial charge on any atom is 0.154 e. The van der Waals surface area contributed by atoms with Gasteiger partial charge in [0.1, 0.15) is 5.69 Å². The van der Waals surface area contributed by atoms with Gasteiger partial charge in [0.25, 0.3) is 0 Å². The van der Waals surface area contributed by atoms with Crippen molar-refractivity contribution in [2.75, 3.05) is 32.2 Å². The van der Waals surface area contributed by atoms with Crippen molar-refractivity contribution >= 4 is 29.0 Å². The summed E-state index contributed by atoms with van der Waals surface area (Å²) in [5.74, 6) is 0.655. The van der Waals surface area contributed by atoms with Crippen LogP contribution >= 0.6 is 23.2 Å². The number of aromatic nitrogens is 3. The lowest BCUT2D eigenvalue weighted by Crippen LogP contribution is -2.19. The molecule has 0 amide bonds. The molecule has 1 atom stereocenters. The SMILES string of the molecule is CCCOCCOCC(O)CCc1nnc(-c2cccc(Cl)c2Cl)c(N)n1. The molecule has 9 heteroatoms. The normalized spacial score (nSPS) is 12.3. The predicted molar refractivity (Wildman–Crippen MR) is 106 cm³/mol. The highest BCUT2D eigenvalue weighted by atomic mass is 35.5. The first-order valence-electron chi connectivity index (χ1n) is 8.80. The lowest BCUT2D eigenvalue weighted by molar-refractivity contribution is 0.00155. The zero-order chi connectivity index (χ0) is 19.6. The number of hydrogen-bond acceptors (Lipinski definition) is 7. The number of hydrogen-bond donors (Lipinski definition) is 2. The number of rotatable bonds is 11. The molecular formula is C18H24Cl2N4O3. The zero-order valence-electron chi connectivity index (χ0n) is 15.2. The number of nitrogens with zero attached hydrogens (tertiary/aromatic N) is 3. The van der Waals surface area contributed by atoms with Crippen molar-refractivity contribution in [2.24, 2.45) is 0 Å². The molecule has 1 heterocycles. The van der Waals surface area contributed by atoms with E-state index in [1.165, 1.54) is 0 Å². The van der Waals surface area contributed by atoms with E-state index in [1.807, 2.05) is 6.92 Å². The highest BCUT2D eigenvalue weighted by Crippen LogP contribution is 2.34. The van der Waals surface area contributed by atoms with Crippen molar-refractivity contribution in [1.82, 2.24) is 15.2 Å². The average Bonchev–Trinajstić information content (AvgIpc) is 2.65. The third-order valence-corrected chi connectivity index (χ3v) is 4.52. The Morgan fingerprint density at radius 2 is 1.93 bits per heavy atom. The van der Waals surface area contributed by atoms with Gasteiger partial charge in [0.2, 0.25) is 0 Å². The van der Waals surface area contributed by atoms with Crippen LogP contribution in [0.2, 0.25) is 10.0 Å². The minimum absolute atomic E-state index is 0.211. The molecule has 0 spiro atoms. The van der Waals surface area contributed by atoms with E-state index in [2.05, 4.69) is 15.2 Å². The number of nitrogens with two attached hydrogens (primary N) is 1. The maximum absolute atomic E-state index is 9.98. The molecule has 148 valence electrons. The van der Waals surface area contributed by atoms with E-state index >= 15 is 0 Å². The first-order chi connectivity index (χ1) is 13.0. The molecule has 0 aliphatic heterocycles. The monoisotopic (exact) mass is 414 g/mol. The molecule has 0 fully saturated rings. The molecule has 0 saturated heterocycles. The van der Waals surface area contributed by atoms with Crippen LogP contribution in [-0.4, -0.2) is 52.8 Å². The quantitative estimate of drug-likeness (QED) is 0.544. The largest absolute Gasteiger partial charge is 0.391 e. The molecule has 1 aromatic carbocycles. The molecule has 0 bridgehead atoms. The Labute approximate surface area is 168 Å². The van der Waals surface area contributed by atoms with E-state index in [0.29, 0.717) is 59.8 Å². The summed E-state index contributed by atoms with van der Waals surface area (Å²) in [5.41, 5.74) is 6.95. The van der Waals surface area contributed by atoms with Gasteiger partial charge in [0.05, 0.1) is 36.0 Å². The minimum Gasteiger partial charge on any atom is -0.391 e. The molecule has 2 rings (SSSR count). The first-order valence-corrected chi connectivity index (χ1v) is 9.55. The number of aliphatic hydroxyl groups is 1. The van der Waals surface area contributed by atoms with E-state index in [0.717, 1.165) is 6.42 Å². The van der Waals surface area contributed by atoms with Gasteiger partial charge >= 0.3 is 0 Å². The molecule has 0 saturated carbocycles. The fourth-order valence-electron chi connectivity index (χ4n) is 2.32.